The number of hydrogen-bond donors (Lipinski definition) is 1. The maximum Gasteiger partial charge on any atom is 0.275 e. The molecule has 0 bridgehead atoms. The number of para-hydroxylation sites is 1. The minimum Gasteiger partial charge on any atom is -0.497 e. The molecule has 28 heavy (non-hydrogen) atoms. The third-order valence-electron chi connectivity index (χ3n) is 4.56. The van der Waals surface area contributed by atoms with E-state index >= 15 is 0 Å². The summed E-state index contributed by atoms with van der Waals surface area (Å²) in [4.78, 5) is 17.3. The number of aryl methyl sites for hydroxylation is 1. The second-order valence-electron chi connectivity index (χ2n) is 6.21. The number of rotatable bonds is 5. The zero-order chi connectivity index (χ0) is 19.7. The Morgan fingerprint density at radius 3 is 2.68 bits per heavy atom. The molecule has 0 aliphatic carbocycles. The lowest BCUT2D eigenvalue weighted by Gasteiger charge is -2.10. The van der Waals surface area contributed by atoms with Crippen LogP contribution in [0.4, 0.5) is 5.69 Å². The number of carbonyl (C=O) groups excluding carboxylic acids is 1. The zero-order valence-electron chi connectivity index (χ0n) is 15.7. The van der Waals surface area contributed by atoms with Gasteiger partial charge in [-0.2, -0.15) is 0 Å². The van der Waals surface area contributed by atoms with Gasteiger partial charge in [0.2, 0.25) is 0 Å². The SMILES string of the molecule is COc1ccc(OC)c(NC(=O)c2csc(-c3cc4ccccc4n3C)n2)c1. The molecule has 0 unspecified atom stereocenters. The quantitative estimate of drug-likeness (QED) is 0.539. The van der Waals surface area contributed by atoms with Gasteiger partial charge in [-0.3, -0.25) is 4.79 Å². The fraction of sp³-hybridized carbons (Fsp3) is 0.143. The van der Waals surface area contributed by atoms with Gasteiger partial charge >= 0.3 is 0 Å². The van der Waals surface area contributed by atoms with E-state index in [9.17, 15) is 4.79 Å². The average molecular weight is 393 g/mol. The summed E-state index contributed by atoms with van der Waals surface area (Å²) in [6.45, 7) is 0. The molecule has 0 saturated heterocycles. The second-order valence-corrected chi connectivity index (χ2v) is 7.06. The summed E-state index contributed by atoms with van der Waals surface area (Å²) >= 11 is 1.44. The minimum absolute atomic E-state index is 0.298. The zero-order valence-corrected chi connectivity index (χ0v) is 16.5. The summed E-state index contributed by atoms with van der Waals surface area (Å²) in [5.74, 6) is 0.886. The van der Waals surface area contributed by atoms with Crippen molar-refractivity contribution in [1.29, 1.82) is 0 Å². The minimum atomic E-state index is -0.298. The van der Waals surface area contributed by atoms with Gasteiger partial charge in [-0.15, -0.1) is 11.3 Å². The van der Waals surface area contributed by atoms with E-state index in [0.29, 0.717) is 22.9 Å². The summed E-state index contributed by atoms with van der Waals surface area (Å²) in [7, 11) is 5.13. The number of carbonyl (C=O) groups is 1. The lowest BCUT2D eigenvalue weighted by molar-refractivity contribution is 0.102. The monoisotopic (exact) mass is 393 g/mol. The van der Waals surface area contributed by atoms with Crippen LogP contribution in [0.15, 0.2) is 53.9 Å². The summed E-state index contributed by atoms with van der Waals surface area (Å²) in [6, 6.07) is 15.5. The Kier molecular flexibility index (Phi) is 4.75. The van der Waals surface area contributed by atoms with Crippen LogP contribution in [0.25, 0.3) is 21.6 Å². The van der Waals surface area contributed by atoms with Crippen LogP contribution in [-0.2, 0) is 7.05 Å². The highest BCUT2D eigenvalue weighted by Gasteiger charge is 2.17. The van der Waals surface area contributed by atoms with Gasteiger partial charge in [-0.1, -0.05) is 18.2 Å². The number of nitrogens with zero attached hydrogens (tertiary/aromatic N) is 2. The van der Waals surface area contributed by atoms with Crippen molar-refractivity contribution in [2.75, 3.05) is 19.5 Å². The standard InChI is InChI=1S/C21H19N3O3S/c1-24-17-7-5-4-6-13(17)10-18(24)21-23-16(12-28-21)20(25)22-15-11-14(26-2)8-9-19(15)27-3/h4-12H,1-3H3,(H,22,25). The van der Waals surface area contributed by atoms with Crippen molar-refractivity contribution in [2.24, 2.45) is 7.05 Å². The van der Waals surface area contributed by atoms with Crippen LogP contribution in [0.3, 0.4) is 0 Å². The van der Waals surface area contributed by atoms with Crippen LogP contribution >= 0.6 is 11.3 Å². The van der Waals surface area contributed by atoms with Gasteiger partial charge in [0, 0.05) is 29.4 Å². The predicted molar refractivity (Wildman–Crippen MR) is 112 cm³/mol. The number of benzene rings is 2. The number of nitrogens with one attached hydrogen (secondary N) is 1. The second kappa shape index (κ2) is 7.36. The summed E-state index contributed by atoms with van der Waals surface area (Å²) in [5.41, 5.74) is 2.99. The Labute approximate surface area is 166 Å². The first-order valence-corrected chi connectivity index (χ1v) is 9.52. The van der Waals surface area contributed by atoms with Gasteiger partial charge in [0.1, 0.15) is 22.2 Å². The highest BCUT2D eigenvalue weighted by atomic mass is 32.1. The fourth-order valence-electron chi connectivity index (χ4n) is 3.09. The molecule has 0 fully saturated rings. The van der Waals surface area contributed by atoms with Crippen molar-refractivity contribution in [3.63, 3.8) is 0 Å². The van der Waals surface area contributed by atoms with E-state index < -0.39 is 0 Å². The number of methoxy groups -OCH3 is 2. The molecule has 2 heterocycles. The molecular formula is C21H19N3O3S. The number of hydrogen-bond acceptors (Lipinski definition) is 5. The third kappa shape index (κ3) is 3.20. The van der Waals surface area contributed by atoms with Crippen molar-refractivity contribution >= 4 is 33.8 Å². The van der Waals surface area contributed by atoms with Crippen LogP contribution in [-0.4, -0.2) is 29.7 Å². The van der Waals surface area contributed by atoms with Crippen LogP contribution in [0.2, 0.25) is 0 Å². The van der Waals surface area contributed by atoms with Crippen molar-refractivity contribution in [3.8, 4) is 22.2 Å². The number of aromatic nitrogens is 2. The molecule has 1 N–H and O–H groups in total. The van der Waals surface area contributed by atoms with Crippen molar-refractivity contribution in [2.45, 2.75) is 0 Å². The molecule has 0 radical (unpaired) electrons. The Morgan fingerprint density at radius 1 is 1.11 bits per heavy atom. The molecule has 0 atom stereocenters. The van der Waals surface area contributed by atoms with Crippen molar-refractivity contribution in [1.82, 2.24) is 9.55 Å². The normalized spacial score (nSPS) is 10.8. The number of ether oxygens (including phenoxy) is 2. The van der Waals surface area contributed by atoms with E-state index in [1.54, 1.807) is 37.8 Å². The first-order valence-electron chi connectivity index (χ1n) is 8.64. The van der Waals surface area contributed by atoms with Gasteiger partial charge < -0.3 is 19.4 Å². The highest BCUT2D eigenvalue weighted by molar-refractivity contribution is 7.13. The number of fused-ring (bicyclic) bond motifs is 1. The molecule has 2 aromatic carbocycles. The van der Waals surface area contributed by atoms with Crippen molar-refractivity contribution < 1.29 is 14.3 Å². The summed E-state index contributed by atoms with van der Waals surface area (Å²) in [6.07, 6.45) is 0. The van der Waals surface area contributed by atoms with Gasteiger partial charge in [0.15, 0.2) is 0 Å². The van der Waals surface area contributed by atoms with E-state index in [4.69, 9.17) is 9.47 Å². The number of anilines is 1. The molecule has 4 rings (SSSR count). The molecule has 0 aliphatic rings. The molecule has 142 valence electrons. The molecule has 0 saturated carbocycles. The Balaban J connectivity index is 1.62. The van der Waals surface area contributed by atoms with Gasteiger partial charge in [-0.25, -0.2) is 4.98 Å². The maximum atomic E-state index is 12.7. The molecule has 2 aromatic heterocycles. The van der Waals surface area contributed by atoms with Crippen molar-refractivity contribution in [3.05, 3.63) is 59.6 Å². The molecule has 6 nitrogen and oxygen atoms in total. The van der Waals surface area contributed by atoms with Crippen LogP contribution in [0.1, 0.15) is 10.5 Å². The number of thiazole rings is 1. The lowest BCUT2D eigenvalue weighted by Crippen LogP contribution is -2.13. The first-order chi connectivity index (χ1) is 13.6. The topological polar surface area (TPSA) is 65.4 Å². The molecule has 4 aromatic rings. The van der Waals surface area contributed by atoms with Gasteiger partial charge in [0.25, 0.3) is 5.91 Å². The Bertz CT molecular complexity index is 1160. The van der Waals surface area contributed by atoms with Crippen LogP contribution in [0.5, 0.6) is 11.5 Å². The maximum absolute atomic E-state index is 12.7. The van der Waals surface area contributed by atoms with E-state index in [1.165, 1.54) is 11.3 Å². The molecule has 7 heteroatoms. The Morgan fingerprint density at radius 2 is 1.93 bits per heavy atom. The average Bonchev–Trinajstić information content (AvgIpc) is 3.33. The Hall–Kier alpha value is -3.32. The fourth-order valence-corrected chi connectivity index (χ4v) is 3.94. The van der Waals surface area contributed by atoms with E-state index in [1.807, 2.05) is 19.2 Å². The number of amides is 1. The lowest BCUT2D eigenvalue weighted by atomic mass is 10.2. The summed E-state index contributed by atoms with van der Waals surface area (Å²) in [5, 5.41) is 6.54. The smallest absolute Gasteiger partial charge is 0.275 e. The molecular weight excluding hydrogens is 374 g/mol. The summed E-state index contributed by atoms with van der Waals surface area (Å²) < 4.78 is 12.6. The predicted octanol–water partition coefficient (Wildman–Crippen LogP) is 4.57. The van der Waals surface area contributed by atoms with E-state index in [2.05, 4.69) is 33.1 Å². The van der Waals surface area contributed by atoms with Gasteiger partial charge in [-0.05, 0) is 24.3 Å². The molecule has 0 aliphatic heterocycles. The van der Waals surface area contributed by atoms with E-state index in [0.717, 1.165) is 21.6 Å². The third-order valence-corrected chi connectivity index (χ3v) is 5.43. The van der Waals surface area contributed by atoms with Crippen LogP contribution < -0.4 is 14.8 Å². The molecule has 1 amide bonds. The molecule has 0 spiro atoms. The largest absolute Gasteiger partial charge is 0.497 e. The van der Waals surface area contributed by atoms with Crippen LogP contribution in [0, 0.1) is 0 Å². The van der Waals surface area contributed by atoms with Gasteiger partial charge in [0.05, 0.1) is 25.6 Å². The highest BCUT2D eigenvalue weighted by Crippen LogP contribution is 2.31. The first kappa shape index (κ1) is 18.1. The van der Waals surface area contributed by atoms with E-state index in [-0.39, 0.29) is 5.91 Å².